The Bertz CT molecular complexity index is 622. The number of rotatable bonds is 2. The lowest BCUT2D eigenvalue weighted by molar-refractivity contribution is -0.0789. The fourth-order valence-corrected chi connectivity index (χ4v) is 2.73. The van der Waals surface area contributed by atoms with Gasteiger partial charge in [0.15, 0.2) is 5.82 Å². The number of aromatic nitrogens is 4. The fraction of sp³-hybridized carbons (Fsp3) is 0.615. The van der Waals surface area contributed by atoms with Gasteiger partial charge in [-0.3, -0.25) is 4.40 Å². The summed E-state index contributed by atoms with van der Waals surface area (Å²) in [5, 5.41) is 8.35. The van der Waals surface area contributed by atoms with Gasteiger partial charge >= 0.3 is 0 Å². The van der Waals surface area contributed by atoms with E-state index in [1.54, 1.807) is 6.20 Å². The van der Waals surface area contributed by atoms with E-state index in [4.69, 9.17) is 10.5 Å². The Morgan fingerprint density at radius 3 is 3.00 bits per heavy atom. The van der Waals surface area contributed by atoms with Gasteiger partial charge in [0.05, 0.1) is 11.7 Å². The van der Waals surface area contributed by atoms with Gasteiger partial charge in [-0.05, 0) is 20.8 Å². The molecule has 0 radical (unpaired) electrons. The molecule has 3 rings (SSSR count). The molecular formula is C13H20N6O. The van der Waals surface area contributed by atoms with Crippen molar-refractivity contribution in [3.63, 3.8) is 0 Å². The molecule has 20 heavy (non-hydrogen) atoms. The molecule has 3 heterocycles. The van der Waals surface area contributed by atoms with Crippen LogP contribution in [0.1, 0.15) is 19.7 Å². The Kier molecular flexibility index (Phi) is 3.10. The van der Waals surface area contributed by atoms with Crippen molar-refractivity contribution in [1.29, 1.82) is 0 Å². The van der Waals surface area contributed by atoms with Crippen molar-refractivity contribution in [3.05, 3.63) is 18.2 Å². The average molecular weight is 276 g/mol. The van der Waals surface area contributed by atoms with E-state index in [9.17, 15) is 0 Å². The number of hydrogen-bond acceptors (Lipinski definition) is 6. The van der Waals surface area contributed by atoms with Crippen molar-refractivity contribution in [2.45, 2.75) is 32.5 Å². The van der Waals surface area contributed by atoms with Crippen molar-refractivity contribution in [2.24, 2.45) is 5.73 Å². The largest absolute Gasteiger partial charge is 0.367 e. The number of aryl methyl sites for hydroxylation is 1. The minimum atomic E-state index is -0.258. The van der Waals surface area contributed by atoms with Crippen molar-refractivity contribution < 1.29 is 4.74 Å². The number of morpholine rings is 1. The maximum absolute atomic E-state index is 5.95. The summed E-state index contributed by atoms with van der Waals surface area (Å²) in [5.41, 5.74) is 6.29. The monoisotopic (exact) mass is 276 g/mol. The smallest absolute Gasteiger partial charge is 0.203 e. The van der Waals surface area contributed by atoms with Crippen LogP contribution in [0.3, 0.4) is 0 Å². The van der Waals surface area contributed by atoms with Gasteiger partial charge in [0.2, 0.25) is 5.65 Å². The van der Waals surface area contributed by atoms with Gasteiger partial charge in [0.25, 0.3) is 0 Å². The number of nitrogens with two attached hydrogens (primary N) is 1. The number of hydrogen-bond donors (Lipinski definition) is 1. The van der Waals surface area contributed by atoms with Crippen LogP contribution >= 0.6 is 0 Å². The summed E-state index contributed by atoms with van der Waals surface area (Å²) in [6.45, 7) is 8.03. The Balaban J connectivity index is 2.01. The second-order valence-corrected chi connectivity index (χ2v) is 5.81. The highest BCUT2D eigenvalue weighted by molar-refractivity contribution is 5.64. The van der Waals surface area contributed by atoms with E-state index in [-0.39, 0.29) is 11.7 Å². The van der Waals surface area contributed by atoms with Crippen LogP contribution in [-0.4, -0.2) is 50.9 Å². The summed E-state index contributed by atoms with van der Waals surface area (Å²) in [6, 6.07) is 0. The summed E-state index contributed by atoms with van der Waals surface area (Å²) < 4.78 is 7.90. The first-order chi connectivity index (χ1) is 9.50. The molecule has 0 amide bonds. The van der Waals surface area contributed by atoms with Crippen molar-refractivity contribution >= 4 is 11.5 Å². The highest BCUT2D eigenvalue weighted by atomic mass is 16.5. The molecule has 2 aromatic rings. The molecule has 0 saturated carbocycles. The van der Waals surface area contributed by atoms with E-state index in [2.05, 4.69) is 33.9 Å². The van der Waals surface area contributed by atoms with Gasteiger partial charge in [-0.2, -0.15) is 0 Å². The van der Waals surface area contributed by atoms with Crippen LogP contribution in [0.5, 0.6) is 0 Å². The zero-order chi connectivity index (χ0) is 14.3. The normalized spacial score (nSPS) is 22.4. The van der Waals surface area contributed by atoms with E-state index in [0.29, 0.717) is 6.54 Å². The van der Waals surface area contributed by atoms with Crippen LogP contribution in [0.25, 0.3) is 5.65 Å². The maximum atomic E-state index is 5.95. The second kappa shape index (κ2) is 4.68. The number of anilines is 1. The van der Waals surface area contributed by atoms with Gasteiger partial charge < -0.3 is 15.4 Å². The zero-order valence-electron chi connectivity index (χ0n) is 12.1. The standard InChI is InChI=1S/C13H20N6O/c1-9-16-17-12-11(15-4-5-19(9)12)18-7-10(6-14)20-13(2,3)8-18/h4-5,10H,6-8,14H2,1-3H3. The number of fused-ring (bicyclic) bond motifs is 1. The fourth-order valence-electron chi connectivity index (χ4n) is 2.73. The second-order valence-electron chi connectivity index (χ2n) is 5.81. The molecule has 0 aliphatic carbocycles. The van der Waals surface area contributed by atoms with Crippen LogP contribution in [-0.2, 0) is 4.74 Å². The lowest BCUT2D eigenvalue weighted by atomic mass is 10.1. The predicted molar refractivity (Wildman–Crippen MR) is 75.7 cm³/mol. The molecule has 7 heteroatoms. The Morgan fingerprint density at radius 2 is 2.25 bits per heavy atom. The predicted octanol–water partition coefficient (Wildman–Crippen LogP) is 0.375. The third kappa shape index (κ3) is 2.23. The van der Waals surface area contributed by atoms with Crippen molar-refractivity contribution in [1.82, 2.24) is 19.6 Å². The molecule has 0 aromatic carbocycles. The molecule has 7 nitrogen and oxygen atoms in total. The zero-order valence-corrected chi connectivity index (χ0v) is 12.1. The van der Waals surface area contributed by atoms with Crippen molar-refractivity contribution in [3.8, 4) is 0 Å². The van der Waals surface area contributed by atoms with E-state index in [1.807, 2.05) is 17.5 Å². The first-order valence-electron chi connectivity index (χ1n) is 6.79. The van der Waals surface area contributed by atoms with E-state index in [1.165, 1.54) is 0 Å². The Labute approximate surface area is 117 Å². The summed E-state index contributed by atoms with van der Waals surface area (Å²) >= 11 is 0. The molecule has 1 fully saturated rings. The topological polar surface area (TPSA) is 81.6 Å². The molecule has 1 aliphatic rings. The van der Waals surface area contributed by atoms with Gasteiger partial charge in [-0.25, -0.2) is 4.98 Å². The van der Waals surface area contributed by atoms with Crippen LogP contribution < -0.4 is 10.6 Å². The molecule has 2 aromatic heterocycles. The summed E-state index contributed by atoms with van der Waals surface area (Å²) in [5.74, 6) is 1.69. The quantitative estimate of drug-likeness (QED) is 0.853. The first kappa shape index (κ1) is 13.3. The molecular weight excluding hydrogens is 256 g/mol. The van der Waals surface area contributed by atoms with E-state index >= 15 is 0 Å². The minimum Gasteiger partial charge on any atom is -0.367 e. The van der Waals surface area contributed by atoms with Gasteiger partial charge in [-0.1, -0.05) is 0 Å². The molecule has 1 saturated heterocycles. The molecule has 0 spiro atoms. The van der Waals surface area contributed by atoms with Crippen LogP contribution in [0.15, 0.2) is 12.4 Å². The summed E-state index contributed by atoms with van der Waals surface area (Å²) in [6.07, 6.45) is 3.66. The van der Waals surface area contributed by atoms with Crippen LogP contribution in [0.2, 0.25) is 0 Å². The average Bonchev–Trinajstić information content (AvgIpc) is 2.79. The van der Waals surface area contributed by atoms with E-state index in [0.717, 1.165) is 30.4 Å². The van der Waals surface area contributed by atoms with Crippen molar-refractivity contribution in [2.75, 3.05) is 24.5 Å². The lowest BCUT2D eigenvalue weighted by Crippen LogP contribution is -2.55. The molecule has 1 aliphatic heterocycles. The highest BCUT2D eigenvalue weighted by Crippen LogP contribution is 2.26. The molecule has 108 valence electrons. The third-order valence-electron chi connectivity index (χ3n) is 3.52. The van der Waals surface area contributed by atoms with Gasteiger partial charge in [-0.15, -0.1) is 10.2 Å². The van der Waals surface area contributed by atoms with Crippen LogP contribution in [0.4, 0.5) is 5.82 Å². The summed E-state index contributed by atoms with van der Waals surface area (Å²) in [7, 11) is 0. The maximum Gasteiger partial charge on any atom is 0.203 e. The minimum absolute atomic E-state index is 0.00447. The molecule has 0 bridgehead atoms. The third-order valence-corrected chi connectivity index (χ3v) is 3.52. The SMILES string of the molecule is Cc1nnc2c(N3CC(CN)OC(C)(C)C3)nccn12. The summed E-state index contributed by atoms with van der Waals surface area (Å²) in [4.78, 5) is 6.67. The number of nitrogens with zero attached hydrogens (tertiary/aromatic N) is 5. The molecule has 1 atom stereocenters. The lowest BCUT2D eigenvalue weighted by Gasteiger charge is -2.42. The van der Waals surface area contributed by atoms with Gasteiger partial charge in [0.1, 0.15) is 5.82 Å². The Morgan fingerprint density at radius 1 is 1.45 bits per heavy atom. The molecule has 2 N–H and O–H groups in total. The molecule has 1 unspecified atom stereocenters. The Hall–Kier alpha value is -1.73. The first-order valence-corrected chi connectivity index (χ1v) is 6.79. The van der Waals surface area contributed by atoms with Crippen LogP contribution in [0, 0.1) is 6.92 Å². The van der Waals surface area contributed by atoms with E-state index < -0.39 is 0 Å². The van der Waals surface area contributed by atoms with Gasteiger partial charge in [0, 0.05) is 32.0 Å². The number of ether oxygens (including phenoxy) is 1. The highest BCUT2D eigenvalue weighted by Gasteiger charge is 2.34.